The second-order valence-corrected chi connectivity index (χ2v) is 9.38. The predicted molar refractivity (Wildman–Crippen MR) is 135 cm³/mol. The molecule has 1 N–H and O–H groups in total. The van der Waals surface area contributed by atoms with E-state index in [1.54, 1.807) is 4.68 Å². The fraction of sp³-hybridized carbons (Fsp3) is 0.296. The van der Waals surface area contributed by atoms with Gasteiger partial charge in [-0.2, -0.15) is 5.10 Å². The molecule has 8 heteroatoms. The van der Waals surface area contributed by atoms with Crippen molar-refractivity contribution in [1.29, 1.82) is 0 Å². The summed E-state index contributed by atoms with van der Waals surface area (Å²) in [7, 11) is 3.91. The Bertz CT molecular complexity index is 1460. The summed E-state index contributed by atoms with van der Waals surface area (Å²) in [6.07, 6.45) is 0.886. The van der Waals surface area contributed by atoms with Gasteiger partial charge in [-0.1, -0.05) is 30.3 Å². The number of nitrogens with zero attached hydrogens (tertiary/aromatic N) is 5. The highest BCUT2D eigenvalue weighted by Gasteiger charge is 2.42. The Kier molecular flexibility index (Phi) is 4.91. The summed E-state index contributed by atoms with van der Waals surface area (Å²) in [5.41, 5.74) is 6.12. The van der Waals surface area contributed by atoms with Crippen molar-refractivity contribution in [2.24, 2.45) is 7.05 Å². The Hall–Kier alpha value is -4.07. The molecule has 0 radical (unpaired) electrons. The van der Waals surface area contributed by atoms with Gasteiger partial charge in [0.25, 0.3) is 5.91 Å². The number of hydrogen-bond donors (Lipinski definition) is 1. The molecule has 1 atom stereocenters. The third-order valence-corrected chi connectivity index (χ3v) is 7.35. The van der Waals surface area contributed by atoms with E-state index in [1.807, 2.05) is 55.3 Å². The number of benzene rings is 2. The first-order valence-electron chi connectivity index (χ1n) is 12.0. The molecule has 4 aromatic rings. The Morgan fingerprint density at radius 3 is 2.69 bits per heavy atom. The lowest BCUT2D eigenvalue weighted by atomic mass is 9.96. The van der Waals surface area contributed by atoms with E-state index >= 15 is 0 Å². The normalized spacial score (nSPS) is 16.8. The van der Waals surface area contributed by atoms with E-state index in [4.69, 9.17) is 0 Å². The lowest BCUT2D eigenvalue weighted by Crippen LogP contribution is -2.51. The van der Waals surface area contributed by atoms with Crippen molar-refractivity contribution in [1.82, 2.24) is 19.2 Å². The number of aromatic nitrogens is 3. The summed E-state index contributed by atoms with van der Waals surface area (Å²) in [6.45, 7) is 3.14. The zero-order valence-corrected chi connectivity index (χ0v) is 20.2. The molecule has 2 amide bonds. The zero-order valence-electron chi connectivity index (χ0n) is 20.2. The number of nitrogens with one attached hydrogen (secondary N) is 1. The van der Waals surface area contributed by atoms with Crippen LogP contribution in [-0.2, 0) is 24.8 Å². The molecule has 35 heavy (non-hydrogen) atoms. The van der Waals surface area contributed by atoms with Gasteiger partial charge >= 0.3 is 0 Å². The van der Waals surface area contributed by atoms with Gasteiger partial charge in [-0.15, -0.1) is 0 Å². The van der Waals surface area contributed by atoms with Crippen LogP contribution in [0.4, 0.5) is 11.5 Å². The van der Waals surface area contributed by atoms with Gasteiger partial charge in [0.1, 0.15) is 6.17 Å². The maximum atomic E-state index is 13.4. The van der Waals surface area contributed by atoms with Crippen molar-refractivity contribution in [2.75, 3.05) is 23.8 Å². The second-order valence-electron chi connectivity index (χ2n) is 9.38. The molecule has 4 heterocycles. The van der Waals surface area contributed by atoms with Crippen molar-refractivity contribution in [3.05, 3.63) is 77.1 Å². The highest BCUT2D eigenvalue weighted by Crippen LogP contribution is 2.44. The van der Waals surface area contributed by atoms with E-state index in [0.29, 0.717) is 25.3 Å². The monoisotopic (exact) mass is 468 g/mol. The van der Waals surface area contributed by atoms with Crippen LogP contribution in [0.2, 0.25) is 0 Å². The number of carbonyl (C=O) groups excluding carboxylic acids is 2. The van der Waals surface area contributed by atoms with E-state index in [1.165, 1.54) is 10.9 Å². The quantitative estimate of drug-likeness (QED) is 0.494. The standard InChI is InChI=1S/C27H28N6O2/c1-17-16-23(29-31(17)3)28-24(34)13-15-32-22-11-7-4-8-18(22)19-12-14-33-26(25(19)32)30(2)21-10-6-5-9-20(21)27(33)35/h4-11,16,26H,12-15H2,1-3H3,(H,28,29,34). The molecule has 0 spiro atoms. The van der Waals surface area contributed by atoms with E-state index in [0.717, 1.165) is 34.6 Å². The van der Waals surface area contributed by atoms with Crippen LogP contribution in [-0.4, -0.2) is 44.7 Å². The second kappa shape index (κ2) is 8.01. The Labute approximate surface area is 203 Å². The first-order valence-corrected chi connectivity index (χ1v) is 12.0. The minimum atomic E-state index is -0.213. The van der Waals surface area contributed by atoms with E-state index in [2.05, 4.69) is 45.1 Å². The first kappa shape index (κ1) is 21.5. The summed E-state index contributed by atoms with van der Waals surface area (Å²) < 4.78 is 3.98. The fourth-order valence-electron chi connectivity index (χ4n) is 5.59. The Morgan fingerprint density at radius 2 is 1.89 bits per heavy atom. The van der Waals surface area contributed by atoms with Crippen LogP contribution in [0.1, 0.15) is 39.9 Å². The largest absolute Gasteiger partial charge is 0.349 e. The number of hydrogen-bond acceptors (Lipinski definition) is 4. The van der Waals surface area contributed by atoms with Crippen molar-refractivity contribution in [3.8, 4) is 0 Å². The van der Waals surface area contributed by atoms with Crippen LogP contribution in [0, 0.1) is 6.92 Å². The Morgan fingerprint density at radius 1 is 1.11 bits per heavy atom. The molecule has 2 aliphatic rings. The average molecular weight is 469 g/mol. The highest BCUT2D eigenvalue weighted by molar-refractivity contribution is 6.02. The third kappa shape index (κ3) is 3.31. The van der Waals surface area contributed by atoms with Crippen LogP contribution in [0.15, 0.2) is 54.6 Å². The average Bonchev–Trinajstić information content (AvgIpc) is 3.36. The van der Waals surface area contributed by atoms with Crippen molar-refractivity contribution >= 4 is 34.2 Å². The summed E-state index contributed by atoms with van der Waals surface area (Å²) in [5, 5.41) is 8.45. The van der Waals surface area contributed by atoms with Crippen molar-refractivity contribution in [3.63, 3.8) is 0 Å². The molecule has 0 saturated heterocycles. The van der Waals surface area contributed by atoms with Gasteiger partial charge in [0.15, 0.2) is 5.82 Å². The number of aryl methyl sites for hydroxylation is 3. The molecule has 178 valence electrons. The molecule has 0 bridgehead atoms. The summed E-state index contributed by atoms with van der Waals surface area (Å²) in [5.74, 6) is 0.546. The summed E-state index contributed by atoms with van der Waals surface area (Å²) >= 11 is 0. The molecule has 1 unspecified atom stereocenters. The van der Waals surface area contributed by atoms with Crippen LogP contribution in [0.3, 0.4) is 0 Å². The first-order chi connectivity index (χ1) is 16.9. The number of fused-ring (bicyclic) bond motifs is 6. The van der Waals surface area contributed by atoms with E-state index in [9.17, 15) is 9.59 Å². The lowest BCUT2D eigenvalue weighted by Gasteiger charge is -2.46. The summed E-state index contributed by atoms with van der Waals surface area (Å²) in [6, 6.07) is 18.0. The van der Waals surface area contributed by atoms with E-state index < -0.39 is 0 Å². The molecular weight excluding hydrogens is 440 g/mol. The molecule has 2 aromatic heterocycles. The number of rotatable bonds is 4. The van der Waals surface area contributed by atoms with Gasteiger partial charge in [0, 0.05) is 56.3 Å². The van der Waals surface area contributed by atoms with Gasteiger partial charge in [-0.3, -0.25) is 14.3 Å². The maximum absolute atomic E-state index is 13.4. The predicted octanol–water partition coefficient (Wildman–Crippen LogP) is 3.86. The molecule has 8 nitrogen and oxygen atoms in total. The van der Waals surface area contributed by atoms with Gasteiger partial charge in [0.2, 0.25) is 5.91 Å². The van der Waals surface area contributed by atoms with Gasteiger partial charge in [-0.05, 0) is 37.1 Å². The van der Waals surface area contributed by atoms with Gasteiger partial charge in [0.05, 0.1) is 16.9 Å². The van der Waals surface area contributed by atoms with Gasteiger partial charge < -0.3 is 19.7 Å². The van der Waals surface area contributed by atoms with Crippen LogP contribution in [0.5, 0.6) is 0 Å². The fourth-order valence-corrected chi connectivity index (χ4v) is 5.59. The summed E-state index contributed by atoms with van der Waals surface area (Å²) in [4.78, 5) is 30.5. The molecular formula is C27H28N6O2. The zero-order chi connectivity index (χ0) is 24.3. The molecule has 6 rings (SSSR count). The topological polar surface area (TPSA) is 75.4 Å². The molecule has 2 aromatic carbocycles. The molecule has 2 aliphatic heterocycles. The van der Waals surface area contributed by atoms with Crippen LogP contribution < -0.4 is 10.2 Å². The SMILES string of the molecule is Cc1cc(NC(=O)CCn2c3c(c4ccccc42)CCN2C(=O)c4ccccc4N(C)C32)nn1C. The van der Waals surface area contributed by atoms with Crippen molar-refractivity contribution in [2.45, 2.75) is 32.5 Å². The molecule has 0 fully saturated rings. The number of anilines is 2. The van der Waals surface area contributed by atoms with Gasteiger partial charge in [-0.25, -0.2) is 0 Å². The minimum absolute atomic E-state index is 0.0643. The highest BCUT2D eigenvalue weighted by atomic mass is 16.2. The maximum Gasteiger partial charge on any atom is 0.257 e. The molecule has 0 aliphatic carbocycles. The third-order valence-electron chi connectivity index (χ3n) is 7.35. The van der Waals surface area contributed by atoms with Crippen LogP contribution in [0.25, 0.3) is 10.9 Å². The number of para-hydroxylation sites is 2. The number of amides is 2. The van der Waals surface area contributed by atoms with Crippen molar-refractivity contribution < 1.29 is 9.59 Å². The smallest absolute Gasteiger partial charge is 0.257 e. The Balaban J connectivity index is 1.38. The lowest BCUT2D eigenvalue weighted by molar-refractivity contribution is -0.116. The minimum Gasteiger partial charge on any atom is -0.349 e. The molecule has 0 saturated carbocycles. The van der Waals surface area contributed by atoms with E-state index in [-0.39, 0.29) is 18.0 Å². The number of carbonyl (C=O) groups is 2. The van der Waals surface area contributed by atoms with Crippen LogP contribution >= 0.6 is 0 Å².